The quantitative estimate of drug-likeness (QED) is 0.301. The molecule has 0 spiro atoms. The molecule has 3 nitrogen and oxygen atoms in total. The molecule has 174 valence electrons. The Kier molecular flexibility index (Phi) is 8.96. The molecule has 0 saturated heterocycles. The first-order chi connectivity index (χ1) is 16.0. The van der Waals surface area contributed by atoms with E-state index in [4.69, 9.17) is 0 Å². The van der Waals surface area contributed by atoms with E-state index in [1.165, 1.54) is 16.7 Å². The first-order valence-corrected chi connectivity index (χ1v) is 12.1. The number of aryl methyl sites for hydroxylation is 2. The molecule has 0 aliphatic heterocycles. The fraction of sp³-hybridized carbons (Fsp3) is 0.400. The lowest BCUT2D eigenvalue weighted by molar-refractivity contribution is 0.324. The maximum atomic E-state index is 11.8. The van der Waals surface area contributed by atoms with Crippen LogP contribution in [-0.4, -0.2) is 19.1 Å². The Bertz CT molecular complexity index is 992. The molecule has 1 aliphatic rings. The fourth-order valence-corrected chi connectivity index (χ4v) is 5.44. The van der Waals surface area contributed by atoms with Crippen LogP contribution in [0.2, 0.25) is 0 Å². The molecule has 3 rings (SSSR count). The van der Waals surface area contributed by atoms with Gasteiger partial charge < -0.3 is 5.32 Å². The minimum Gasteiger partial charge on any atom is -0.314 e. The lowest BCUT2D eigenvalue weighted by Gasteiger charge is -2.39. The molecule has 0 heterocycles. The van der Waals surface area contributed by atoms with Gasteiger partial charge in [0.1, 0.15) is 0 Å². The van der Waals surface area contributed by atoms with Crippen molar-refractivity contribution in [3.63, 3.8) is 0 Å². The number of nitrogens with one attached hydrogen (secondary N) is 1. The second-order valence-corrected chi connectivity index (χ2v) is 9.31. The molecule has 0 bridgehead atoms. The Morgan fingerprint density at radius 2 is 1.94 bits per heavy atom. The van der Waals surface area contributed by atoms with Gasteiger partial charge in [0.2, 0.25) is 0 Å². The van der Waals surface area contributed by atoms with Gasteiger partial charge in [-0.25, -0.2) is 0 Å². The van der Waals surface area contributed by atoms with E-state index < -0.39 is 5.41 Å². The van der Waals surface area contributed by atoms with E-state index in [1.807, 2.05) is 25.1 Å². The molecular weight excluding hydrogens is 404 g/mol. The predicted molar refractivity (Wildman–Crippen MR) is 141 cm³/mol. The fourth-order valence-electron chi connectivity index (χ4n) is 5.44. The first kappa shape index (κ1) is 24.9. The maximum Gasteiger partial charge on any atom is 0.0951 e. The van der Waals surface area contributed by atoms with Crippen LogP contribution in [0.1, 0.15) is 48.4 Å². The monoisotopic (exact) mass is 442 g/mol. The lowest BCUT2D eigenvalue weighted by atomic mass is 9.64. The molecule has 0 radical (unpaired) electrons. The smallest absolute Gasteiger partial charge is 0.0951 e. The van der Waals surface area contributed by atoms with Crippen LogP contribution in [0.4, 0.5) is 0 Å². The number of allylic oxidation sites excluding steroid dienone is 4. The van der Waals surface area contributed by atoms with Crippen molar-refractivity contribution in [3.05, 3.63) is 112 Å². The van der Waals surface area contributed by atoms with E-state index in [9.17, 15) is 4.91 Å². The van der Waals surface area contributed by atoms with Crippen molar-refractivity contribution in [1.29, 1.82) is 0 Å². The molecular formula is C30H38N2O. The molecule has 1 fully saturated rings. The number of hydrogen-bond acceptors (Lipinski definition) is 3. The second kappa shape index (κ2) is 11.9. The SMILES string of the molecule is C=C/C=C(\C=C/C)C(CN=O)(c1ccccc1)C1CCC(NCCc2ccc(C)c(C)c2)C1. The Hall–Kier alpha value is -2.78. The van der Waals surface area contributed by atoms with Crippen molar-refractivity contribution in [3.8, 4) is 0 Å². The summed E-state index contributed by atoms with van der Waals surface area (Å²) in [4.78, 5) is 11.8. The summed E-state index contributed by atoms with van der Waals surface area (Å²) in [6, 6.07) is 17.6. The highest BCUT2D eigenvalue weighted by Gasteiger charge is 2.46. The van der Waals surface area contributed by atoms with Gasteiger partial charge in [0.25, 0.3) is 0 Å². The van der Waals surface area contributed by atoms with E-state index in [0.717, 1.165) is 43.4 Å². The van der Waals surface area contributed by atoms with Crippen LogP contribution < -0.4 is 5.32 Å². The van der Waals surface area contributed by atoms with Crippen molar-refractivity contribution >= 4 is 0 Å². The zero-order chi connectivity index (χ0) is 23.7. The largest absolute Gasteiger partial charge is 0.314 e. The lowest BCUT2D eigenvalue weighted by Crippen LogP contribution is -2.40. The average molecular weight is 443 g/mol. The number of nitrogens with zero attached hydrogens (tertiary/aromatic N) is 1. The highest BCUT2D eigenvalue weighted by atomic mass is 16.3. The Balaban J connectivity index is 1.80. The first-order valence-electron chi connectivity index (χ1n) is 12.1. The number of rotatable bonds is 11. The normalized spacial score (nSPS) is 20.6. The molecule has 0 aromatic heterocycles. The van der Waals surface area contributed by atoms with E-state index >= 15 is 0 Å². The molecule has 2 aromatic rings. The second-order valence-electron chi connectivity index (χ2n) is 9.31. The highest BCUT2D eigenvalue weighted by molar-refractivity contribution is 5.45. The van der Waals surface area contributed by atoms with Gasteiger partial charge in [0.05, 0.1) is 6.54 Å². The van der Waals surface area contributed by atoms with E-state index in [2.05, 4.69) is 85.5 Å². The molecule has 1 N–H and O–H groups in total. The molecule has 3 atom stereocenters. The van der Waals surface area contributed by atoms with Crippen LogP contribution in [0.5, 0.6) is 0 Å². The zero-order valence-corrected chi connectivity index (χ0v) is 20.4. The van der Waals surface area contributed by atoms with Crippen LogP contribution in [-0.2, 0) is 11.8 Å². The summed E-state index contributed by atoms with van der Waals surface area (Å²) in [5.41, 5.74) is 5.93. The van der Waals surface area contributed by atoms with Crippen LogP contribution in [0.15, 0.2) is 90.2 Å². The molecule has 3 heteroatoms. The Morgan fingerprint density at radius 1 is 1.15 bits per heavy atom. The molecule has 2 aromatic carbocycles. The molecule has 1 aliphatic carbocycles. The van der Waals surface area contributed by atoms with E-state index in [1.54, 1.807) is 0 Å². The summed E-state index contributed by atoms with van der Waals surface area (Å²) in [5, 5.41) is 7.27. The summed E-state index contributed by atoms with van der Waals surface area (Å²) in [6.07, 6.45) is 12.3. The van der Waals surface area contributed by atoms with Gasteiger partial charge >= 0.3 is 0 Å². The van der Waals surface area contributed by atoms with Gasteiger partial charge in [0.15, 0.2) is 0 Å². The summed E-state index contributed by atoms with van der Waals surface area (Å²) in [7, 11) is 0. The van der Waals surface area contributed by atoms with Crippen molar-refractivity contribution in [2.45, 2.75) is 57.9 Å². The summed E-state index contributed by atoms with van der Waals surface area (Å²) < 4.78 is 0. The summed E-state index contributed by atoms with van der Waals surface area (Å²) >= 11 is 0. The van der Waals surface area contributed by atoms with Gasteiger partial charge in [-0.1, -0.05) is 84.6 Å². The van der Waals surface area contributed by atoms with Gasteiger partial charge in [0, 0.05) is 11.5 Å². The van der Waals surface area contributed by atoms with Gasteiger partial charge in [-0.15, -0.1) is 0 Å². The van der Waals surface area contributed by atoms with Crippen LogP contribution in [0.25, 0.3) is 0 Å². The van der Waals surface area contributed by atoms with Crippen molar-refractivity contribution in [1.82, 2.24) is 5.32 Å². The van der Waals surface area contributed by atoms with Crippen molar-refractivity contribution < 1.29 is 0 Å². The number of benzene rings is 2. The third kappa shape index (κ3) is 5.78. The van der Waals surface area contributed by atoms with E-state index in [0.29, 0.717) is 12.0 Å². The van der Waals surface area contributed by atoms with Crippen LogP contribution >= 0.6 is 0 Å². The van der Waals surface area contributed by atoms with Gasteiger partial charge in [-0.3, -0.25) is 0 Å². The van der Waals surface area contributed by atoms with Gasteiger partial charge in [-0.2, -0.15) is 4.91 Å². The van der Waals surface area contributed by atoms with Gasteiger partial charge in [-0.05, 0) is 86.7 Å². The third-order valence-electron chi connectivity index (χ3n) is 7.31. The molecule has 3 unspecified atom stereocenters. The standard InChI is InChI=1S/C30H38N2O/c1-5-10-26(11-6-2)30(22-32-33,27-12-8-7-9-13-27)28-16-17-29(21-28)31-19-18-25-15-14-23(3)24(4)20-25/h5-15,20,28-29,31H,1,16-19,21-22H2,2-4H3/b11-6-,26-10+. The Morgan fingerprint density at radius 3 is 2.61 bits per heavy atom. The number of nitroso groups, excluding NO2 is 1. The molecule has 1 saturated carbocycles. The predicted octanol–water partition coefficient (Wildman–Crippen LogP) is 7.00. The third-order valence-corrected chi connectivity index (χ3v) is 7.31. The molecule has 33 heavy (non-hydrogen) atoms. The zero-order valence-electron chi connectivity index (χ0n) is 20.4. The summed E-state index contributed by atoms with van der Waals surface area (Å²) in [6.45, 7) is 11.5. The van der Waals surface area contributed by atoms with Crippen LogP contribution in [0.3, 0.4) is 0 Å². The number of hydrogen-bond donors (Lipinski definition) is 1. The minimum absolute atomic E-state index is 0.237. The minimum atomic E-state index is -0.436. The summed E-state index contributed by atoms with van der Waals surface area (Å²) in [5.74, 6) is 0.333. The molecule has 0 amide bonds. The topological polar surface area (TPSA) is 41.5 Å². The Labute approximate surface area is 199 Å². The van der Waals surface area contributed by atoms with Crippen molar-refractivity contribution in [2.24, 2.45) is 11.1 Å². The maximum absolute atomic E-state index is 11.8. The van der Waals surface area contributed by atoms with Crippen molar-refractivity contribution in [2.75, 3.05) is 13.1 Å². The highest BCUT2D eigenvalue weighted by Crippen LogP contribution is 2.48. The average Bonchev–Trinajstić information content (AvgIpc) is 3.29. The van der Waals surface area contributed by atoms with E-state index in [-0.39, 0.29) is 6.54 Å². The van der Waals surface area contributed by atoms with Crippen LogP contribution in [0, 0.1) is 24.7 Å².